The van der Waals surface area contributed by atoms with Crippen LogP contribution in [0.2, 0.25) is 0 Å². The highest BCUT2D eigenvalue weighted by molar-refractivity contribution is 5.67. The van der Waals surface area contributed by atoms with Crippen LogP contribution in [0.3, 0.4) is 0 Å². The monoisotopic (exact) mass is 243 g/mol. The molecule has 1 N–H and O–H groups in total. The largest absolute Gasteiger partial charge is 0.493 e. The summed E-state index contributed by atoms with van der Waals surface area (Å²) in [5.74, 6) is 1.49. The Morgan fingerprint density at radius 2 is 2.00 bits per heavy atom. The van der Waals surface area contributed by atoms with Gasteiger partial charge >= 0.3 is 0 Å². The van der Waals surface area contributed by atoms with E-state index in [4.69, 9.17) is 4.74 Å². The van der Waals surface area contributed by atoms with E-state index in [1.165, 1.54) is 0 Å². The third-order valence-electron chi connectivity index (χ3n) is 2.45. The molecule has 0 radical (unpaired) electrons. The van der Waals surface area contributed by atoms with Crippen molar-refractivity contribution in [3.63, 3.8) is 0 Å². The van der Waals surface area contributed by atoms with E-state index in [0.29, 0.717) is 12.6 Å². The number of nitrogens with one attached hydrogen (secondary N) is 1. The smallest absolute Gasteiger partial charge is 0.223 e. The molecule has 2 aromatic rings. The lowest BCUT2D eigenvalue weighted by atomic mass is 10.1. The zero-order valence-corrected chi connectivity index (χ0v) is 10.7. The molecule has 0 saturated heterocycles. The summed E-state index contributed by atoms with van der Waals surface area (Å²) in [4.78, 5) is 8.64. The van der Waals surface area contributed by atoms with Gasteiger partial charge in [-0.25, -0.2) is 9.97 Å². The maximum Gasteiger partial charge on any atom is 0.223 e. The predicted molar refractivity (Wildman–Crippen MR) is 72.8 cm³/mol. The highest BCUT2D eigenvalue weighted by atomic mass is 16.5. The molecular weight excluding hydrogens is 226 g/mol. The number of aromatic nitrogens is 2. The second-order valence-corrected chi connectivity index (χ2v) is 3.72. The quantitative estimate of drug-likeness (QED) is 0.877. The van der Waals surface area contributed by atoms with Gasteiger partial charge in [0, 0.05) is 18.3 Å². The number of hydrogen-bond acceptors (Lipinski definition) is 4. The molecule has 0 atom stereocenters. The maximum absolute atomic E-state index is 5.61. The molecule has 0 amide bonds. The van der Waals surface area contributed by atoms with Gasteiger partial charge in [-0.3, -0.25) is 0 Å². The van der Waals surface area contributed by atoms with Gasteiger partial charge in [-0.2, -0.15) is 0 Å². The van der Waals surface area contributed by atoms with Gasteiger partial charge in [0.1, 0.15) is 5.75 Å². The second-order valence-electron chi connectivity index (χ2n) is 3.72. The van der Waals surface area contributed by atoms with E-state index >= 15 is 0 Å². The van der Waals surface area contributed by atoms with E-state index in [1.807, 2.05) is 44.2 Å². The summed E-state index contributed by atoms with van der Waals surface area (Å²) in [5.41, 5.74) is 1.85. The van der Waals surface area contributed by atoms with Gasteiger partial charge in [-0.15, -0.1) is 0 Å². The van der Waals surface area contributed by atoms with Crippen LogP contribution in [0.5, 0.6) is 5.75 Å². The molecule has 0 bridgehead atoms. The molecule has 4 heteroatoms. The lowest BCUT2D eigenvalue weighted by molar-refractivity contribution is 0.341. The van der Waals surface area contributed by atoms with Crippen molar-refractivity contribution in [3.05, 3.63) is 36.5 Å². The van der Waals surface area contributed by atoms with Crippen LogP contribution in [-0.4, -0.2) is 23.1 Å². The first-order valence-electron chi connectivity index (χ1n) is 6.14. The lowest BCUT2D eigenvalue weighted by Gasteiger charge is -2.10. The van der Waals surface area contributed by atoms with Crippen molar-refractivity contribution in [2.75, 3.05) is 18.5 Å². The van der Waals surface area contributed by atoms with E-state index < -0.39 is 0 Å². The van der Waals surface area contributed by atoms with Crippen LogP contribution in [0.1, 0.15) is 13.8 Å². The molecule has 0 saturated carbocycles. The van der Waals surface area contributed by atoms with Crippen molar-refractivity contribution in [2.45, 2.75) is 13.8 Å². The highest BCUT2D eigenvalue weighted by Gasteiger charge is 2.07. The molecule has 0 fully saturated rings. The average molecular weight is 243 g/mol. The molecule has 0 unspecified atom stereocenters. The van der Waals surface area contributed by atoms with Crippen LogP contribution in [-0.2, 0) is 0 Å². The van der Waals surface area contributed by atoms with Crippen molar-refractivity contribution in [1.82, 2.24) is 9.97 Å². The molecule has 1 heterocycles. The fourth-order valence-corrected chi connectivity index (χ4v) is 1.71. The van der Waals surface area contributed by atoms with Gasteiger partial charge in [0.05, 0.1) is 12.3 Å². The Hall–Kier alpha value is -2.10. The van der Waals surface area contributed by atoms with E-state index in [9.17, 15) is 0 Å². The van der Waals surface area contributed by atoms with Gasteiger partial charge in [0.25, 0.3) is 0 Å². The molecule has 18 heavy (non-hydrogen) atoms. The fraction of sp³-hybridized carbons (Fsp3) is 0.286. The molecular formula is C14H17N3O. The van der Waals surface area contributed by atoms with Crippen LogP contribution in [0, 0.1) is 0 Å². The van der Waals surface area contributed by atoms with Crippen molar-refractivity contribution in [1.29, 1.82) is 0 Å². The van der Waals surface area contributed by atoms with Gasteiger partial charge < -0.3 is 10.1 Å². The minimum Gasteiger partial charge on any atom is -0.493 e. The Morgan fingerprint density at radius 1 is 1.17 bits per heavy atom. The Morgan fingerprint density at radius 3 is 2.78 bits per heavy atom. The molecule has 0 aliphatic carbocycles. The van der Waals surface area contributed by atoms with Crippen LogP contribution in [0.4, 0.5) is 5.95 Å². The number of para-hydroxylation sites is 1. The van der Waals surface area contributed by atoms with Crippen LogP contribution in [0.25, 0.3) is 11.3 Å². The van der Waals surface area contributed by atoms with Crippen molar-refractivity contribution in [2.24, 2.45) is 0 Å². The van der Waals surface area contributed by atoms with Crippen LogP contribution >= 0.6 is 0 Å². The summed E-state index contributed by atoms with van der Waals surface area (Å²) >= 11 is 0. The summed E-state index contributed by atoms with van der Waals surface area (Å²) < 4.78 is 5.61. The second kappa shape index (κ2) is 6.00. The summed E-state index contributed by atoms with van der Waals surface area (Å²) in [7, 11) is 0. The van der Waals surface area contributed by atoms with Crippen molar-refractivity contribution < 1.29 is 4.74 Å². The van der Waals surface area contributed by atoms with E-state index in [2.05, 4.69) is 15.3 Å². The number of anilines is 1. The van der Waals surface area contributed by atoms with Crippen molar-refractivity contribution in [3.8, 4) is 17.0 Å². The van der Waals surface area contributed by atoms with Crippen molar-refractivity contribution >= 4 is 5.95 Å². The number of benzene rings is 1. The molecule has 94 valence electrons. The number of ether oxygens (including phenoxy) is 1. The molecule has 4 nitrogen and oxygen atoms in total. The van der Waals surface area contributed by atoms with Crippen LogP contribution in [0.15, 0.2) is 36.5 Å². The summed E-state index contributed by atoms with van der Waals surface area (Å²) in [5, 5.41) is 3.11. The zero-order valence-electron chi connectivity index (χ0n) is 10.7. The zero-order chi connectivity index (χ0) is 12.8. The predicted octanol–water partition coefficient (Wildman–Crippen LogP) is 2.97. The molecule has 1 aromatic heterocycles. The molecule has 2 rings (SSSR count). The summed E-state index contributed by atoms with van der Waals surface area (Å²) in [6.45, 7) is 5.43. The summed E-state index contributed by atoms with van der Waals surface area (Å²) in [6.07, 6.45) is 1.75. The number of hydrogen-bond donors (Lipinski definition) is 1. The van der Waals surface area contributed by atoms with Gasteiger partial charge in [-0.1, -0.05) is 12.1 Å². The molecule has 0 spiro atoms. The third-order valence-corrected chi connectivity index (χ3v) is 2.45. The maximum atomic E-state index is 5.61. The Balaban J connectivity index is 2.38. The van der Waals surface area contributed by atoms with Gasteiger partial charge in [-0.05, 0) is 32.0 Å². The Kier molecular flexibility index (Phi) is 4.12. The first-order valence-corrected chi connectivity index (χ1v) is 6.14. The fourth-order valence-electron chi connectivity index (χ4n) is 1.71. The molecule has 0 aliphatic heterocycles. The van der Waals surface area contributed by atoms with Gasteiger partial charge in [0.2, 0.25) is 5.95 Å². The van der Waals surface area contributed by atoms with E-state index in [-0.39, 0.29) is 0 Å². The normalized spacial score (nSPS) is 10.1. The first kappa shape index (κ1) is 12.4. The van der Waals surface area contributed by atoms with E-state index in [1.54, 1.807) is 6.20 Å². The SMILES string of the molecule is CCNc1nccc(-c2ccccc2OCC)n1. The van der Waals surface area contributed by atoms with E-state index in [0.717, 1.165) is 23.6 Å². The number of nitrogens with zero attached hydrogens (tertiary/aromatic N) is 2. The Labute approximate surface area is 107 Å². The van der Waals surface area contributed by atoms with Crippen LogP contribution < -0.4 is 10.1 Å². The summed E-state index contributed by atoms with van der Waals surface area (Å²) in [6, 6.07) is 9.78. The van der Waals surface area contributed by atoms with Gasteiger partial charge in [0.15, 0.2) is 0 Å². The highest BCUT2D eigenvalue weighted by Crippen LogP contribution is 2.28. The minimum atomic E-state index is 0.640. The molecule has 1 aromatic carbocycles. The standard InChI is InChI=1S/C14H17N3O/c1-3-15-14-16-10-9-12(17-14)11-7-5-6-8-13(11)18-4-2/h5-10H,3-4H2,1-2H3,(H,15,16,17). The minimum absolute atomic E-state index is 0.640. The lowest BCUT2D eigenvalue weighted by Crippen LogP contribution is -2.02. The number of rotatable bonds is 5. The first-order chi connectivity index (χ1) is 8.85. The molecule has 0 aliphatic rings. The third kappa shape index (κ3) is 2.77. The average Bonchev–Trinajstić information content (AvgIpc) is 2.40. The topological polar surface area (TPSA) is 47.0 Å². The Bertz CT molecular complexity index is 514.